The minimum absolute atomic E-state index is 0.00181. The number of hydrogen-bond acceptors (Lipinski definition) is 5. The smallest absolute Gasteiger partial charge is 0.245 e. The Morgan fingerprint density at radius 2 is 1.81 bits per heavy atom. The average Bonchev–Trinajstić information content (AvgIpc) is 2.81. The molecule has 0 spiro atoms. The normalized spacial score (nSPS) is 14.9. The number of rotatable bonds is 4. The maximum absolute atomic E-state index is 13.7. The number of anilines is 2. The highest BCUT2D eigenvalue weighted by Gasteiger charge is 2.30. The van der Waals surface area contributed by atoms with Gasteiger partial charge in [-0.2, -0.15) is 0 Å². The average molecular weight is 445 g/mol. The Morgan fingerprint density at radius 3 is 2.62 bits per heavy atom. The van der Waals surface area contributed by atoms with E-state index in [1.54, 1.807) is 30.7 Å². The summed E-state index contributed by atoms with van der Waals surface area (Å²) >= 11 is 1.63. The molecule has 0 saturated carbocycles. The van der Waals surface area contributed by atoms with Crippen LogP contribution >= 0.6 is 11.8 Å². The first kappa shape index (κ1) is 20.8. The van der Waals surface area contributed by atoms with E-state index in [0.717, 1.165) is 45.4 Å². The van der Waals surface area contributed by atoms with Crippen LogP contribution in [0.15, 0.2) is 70.5 Å². The molecule has 0 radical (unpaired) electrons. The van der Waals surface area contributed by atoms with Crippen LogP contribution in [0.4, 0.5) is 11.4 Å². The summed E-state index contributed by atoms with van der Waals surface area (Å²) in [5, 5.41) is 0. The third kappa shape index (κ3) is 3.70. The lowest BCUT2D eigenvalue weighted by atomic mass is 9.99. The number of carbonyl (C=O) groups is 2. The molecule has 0 unspecified atom stereocenters. The fraction of sp³-hybridized carbons (Fsp3) is 0.231. The Morgan fingerprint density at radius 1 is 1.00 bits per heavy atom. The minimum atomic E-state index is -0.0104. The van der Waals surface area contributed by atoms with Crippen molar-refractivity contribution in [2.24, 2.45) is 0 Å². The quantitative estimate of drug-likeness (QED) is 0.525. The van der Waals surface area contributed by atoms with Gasteiger partial charge in [0, 0.05) is 34.0 Å². The molecule has 3 aromatic rings. The first-order valence-electron chi connectivity index (χ1n) is 10.7. The number of ketones is 1. The lowest BCUT2D eigenvalue weighted by molar-refractivity contribution is -0.119. The van der Waals surface area contributed by atoms with Crippen LogP contribution in [0.3, 0.4) is 0 Å². The van der Waals surface area contributed by atoms with Gasteiger partial charge >= 0.3 is 0 Å². The number of Topliss-reactive ketones (excluding diaryl/α,β-unsaturated/α-hetero) is 1. The SMILES string of the molecule is COc1cccc2c1CN(CC(=O)N1c3ccccc3Sc3ccc(C(C)=O)cc31)CC2. The van der Waals surface area contributed by atoms with Crippen LogP contribution in [0, 0.1) is 0 Å². The second-order valence-corrected chi connectivity index (χ2v) is 9.18. The summed E-state index contributed by atoms with van der Waals surface area (Å²) in [6.45, 7) is 3.34. The molecule has 2 aliphatic heterocycles. The molecule has 0 N–H and O–H groups in total. The van der Waals surface area contributed by atoms with E-state index in [0.29, 0.717) is 18.7 Å². The summed E-state index contributed by atoms with van der Waals surface area (Å²) in [4.78, 5) is 31.7. The Balaban J connectivity index is 1.47. The van der Waals surface area contributed by atoms with Crippen molar-refractivity contribution < 1.29 is 14.3 Å². The molecule has 5 rings (SSSR count). The number of nitrogens with zero attached hydrogens (tertiary/aromatic N) is 2. The highest BCUT2D eigenvalue weighted by atomic mass is 32.2. The van der Waals surface area contributed by atoms with Crippen LogP contribution < -0.4 is 9.64 Å². The lowest BCUT2D eigenvalue weighted by Gasteiger charge is -2.34. The highest BCUT2D eigenvalue weighted by molar-refractivity contribution is 7.99. The molecule has 2 aliphatic rings. The number of fused-ring (bicyclic) bond motifs is 3. The molecule has 0 aromatic heterocycles. The van der Waals surface area contributed by atoms with Gasteiger partial charge in [-0.3, -0.25) is 19.4 Å². The van der Waals surface area contributed by atoms with Crippen molar-refractivity contribution in [2.75, 3.05) is 25.1 Å². The molecule has 0 atom stereocenters. The highest BCUT2D eigenvalue weighted by Crippen LogP contribution is 2.48. The number of carbonyl (C=O) groups excluding carboxylic acids is 2. The van der Waals surface area contributed by atoms with E-state index in [9.17, 15) is 9.59 Å². The van der Waals surface area contributed by atoms with Gasteiger partial charge in [-0.15, -0.1) is 0 Å². The molecular formula is C26H24N2O3S. The molecule has 0 bridgehead atoms. The standard InChI is InChI=1S/C26H24N2O3S/c1-17(29)19-10-11-25-22(14-19)28(21-7-3-4-9-24(21)32-25)26(30)16-27-13-12-18-6-5-8-23(31-2)20(18)15-27/h3-11,14H,12-13,15-16H2,1-2H3. The zero-order valence-corrected chi connectivity index (χ0v) is 18.9. The van der Waals surface area contributed by atoms with Crippen LogP contribution in [0.25, 0.3) is 0 Å². The van der Waals surface area contributed by atoms with Crippen LogP contribution in [0.2, 0.25) is 0 Å². The number of hydrogen-bond donors (Lipinski definition) is 0. The van der Waals surface area contributed by atoms with E-state index >= 15 is 0 Å². The van der Waals surface area contributed by atoms with Crippen molar-refractivity contribution in [2.45, 2.75) is 29.7 Å². The van der Waals surface area contributed by atoms with E-state index in [-0.39, 0.29) is 11.7 Å². The summed E-state index contributed by atoms with van der Waals surface area (Å²) in [6, 6.07) is 19.7. The molecule has 0 aliphatic carbocycles. The van der Waals surface area contributed by atoms with Crippen LogP contribution in [-0.2, 0) is 17.8 Å². The van der Waals surface area contributed by atoms with Crippen molar-refractivity contribution in [1.29, 1.82) is 0 Å². The van der Waals surface area contributed by atoms with Gasteiger partial charge in [0.1, 0.15) is 5.75 Å². The van der Waals surface area contributed by atoms with E-state index in [2.05, 4.69) is 11.0 Å². The second kappa shape index (κ2) is 8.45. The summed E-state index contributed by atoms with van der Waals surface area (Å²) in [5.41, 5.74) is 4.69. The monoisotopic (exact) mass is 444 g/mol. The topological polar surface area (TPSA) is 49.9 Å². The third-order valence-electron chi connectivity index (χ3n) is 6.07. The zero-order chi connectivity index (χ0) is 22.2. The Bertz CT molecular complexity index is 1210. The summed E-state index contributed by atoms with van der Waals surface area (Å²) in [7, 11) is 1.69. The van der Waals surface area contributed by atoms with Gasteiger partial charge in [-0.25, -0.2) is 0 Å². The van der Waals surface area contributed by atoms with Gasteiger partial charge in [0.2, 0.25) is 5.91 Å². The Kier molecular flexibility index (Phi) is 5.49. The molecule has 0 fully saturated rings. The van der Waals surface area contributed by atoms with E-state index < -0.39 is 0 Å². The Labute approximate surface area is 192 Å². The summed E-state index contributed by atoms with van der Waals surface area (Å²) in [5.74, 6) is 0.859. The van der Waals surface area contributed by atoms with Gasteiger partial charge < -0.3 is 4.74 Å². The number of para-hydroxylation sites is 1. The largest absolute Gasteiger partial charge is 0.496 e. The molecule has 6 heteroatoms. The van der Waals surface area contributed by atoms with Crippen molar-refractivity contribution in [3.05, 3.63) is 77.4 Å². The van der Waals surface area contributed by atoms with Crippen molar-refractivity contribution in [3.8, 4) is 5.75 Å². The summed E-state index contributed by atoms with van der Waals surface area (Å²) < 4.78 is 5.55. The molecule has 0 saturated heterocycles. The van der Waals surface area contributed by atoms with Crippen LogP contribution in [0.1, 0.15) is 28.4 Å². The molecule has 32 heavy (non-hydrogen) atoms. The Hall–Kier alpha value is -3.09. The first-order valence-corrected chi connectivity index (χ1v) is 11.5. The van der Waals surface area contributed by atoms with Gasteiger partial charge in [-0.1, -0.05) is 42.1 Å². The zero-order valence-electron chi connectivity index (χ0n) is 18.1. The van der Waals surface area contributed by atoms with Gasteiger partial charge in [0.25, 0.3) is 0 Å². The molecule has 5 nitrogen and oxygen atoms in total. The van der Waals surface area contributed by atoms with Crippen LogP contribution in [0.5, 0.6) is 5.75 Å². The minimum Gasteiger partial charge on any atom is -0.496 e. The predicted molar refractivity (Wildman–Crippen MR) is 126 cm³/mol. The third-order valence-corrected chi connectivity index (χ3v) is 7.20. The fourth-order valence-corrected chi connectivity index (χ4v) is 5.48. The number of methoxy groups -OCH3 is 1. The first-order chi connectivity index (χ1) is 15.5. The van der Waals surface area contributed by atoms with E-state index in [4.69, 9.17) is 4.74 Å². The molecule has 1 amide bonds. The van der Waals surface area contributed by atoms with Crippen molar-refractivity contribution in [3.63, 3.8) is 0 Å². The number of amides is 1. The summed E-state index contributed by atoms with van der Waals surface area (Å²) in [6.07, 6.45) is 0.886. The maximum atomic E-state index is 13.7. The van der Waals surface area contributed by atoms with Gasteiger partial charge in [0.05, 0.1) is 25.0 Å². The second-order valence-electron chi connectivity index (χ2n) is 8.10. The van der Waals surface area contributed by atoms with Crippen molar-refractivity contribution >= 4 is 34.8 Å². The van der Waals surface area contributed by atoms with Gasteiger partial charge in [0.15, 0.2) is 5.78 Å². The predicted octanol–water partition coefficient (Wildman–Crippen LogP) is 5.09. The molecular weight excluding hydrogens is 420 g/mol. The van der Waals surface area contributed by atoms with Crippen LogP contribution in [-0.4, -0.2) is 36.8 Å². The number of benzene rings is 3. The molecule has 3 aromatic carbocycles. The van der Waals surface area contributed by atoms with E-state index in [1.807, 2.05) is 54.6 Å². The lowest BCUT2D eigenvalue weighted by Crippen LogP contribution is -2.41. The molecule has 2 heterocycles. The molecule has 162 valence electrons. The van der Waals surface area contributed by atoms with E-state index in [1.165, 1.54) is 5.56 Å². The van der Waals surface area contributed by atoms with Gasteiger partial charge in [-0.05, 0) is 49.2 Å². The van der Waals surface area contributed by atoms with Crippen molar-refractivity contribution in [1.82, 2.24) is 4.90 Å². The fourth-order valence-electron chi connectivity index (χ4n) is 4.44. The maximum Gasteiger partial charge on any atom is 0.245 e. The number of ether oxygens (including phenoxy) is 1.